The van der Waals surface area contributed by atoms with E-state index in [0.717, 1.165) is 35.3 Å². The van der Waals surface area contributed by atoms with Gasteiger partial charge in [-0.3, -0.25) is 9.89 Å². The Labute approximate surface area is 141 Å². The molecule has 2 N–H and O–H groups in total. The number of aryl methyl sites for hydroxylation is 1. The number of hydrogen-bond donors (Lipinski definition) is 2. The van der Waals surface area contributed by atoms with Crippen LogP contribution >= 0.6 is 0 Å². The van der Waals surface area contributed by atoms with Gasteiger partial charge in [0.05, 0.1) is 23.8 Å². The summed E-state index contributed by atoms with van der Waals surface area (Å²) >= 11 is 0. The zero-order valence-electron chi connectivity index (χ0n) is 14.1. The fraction of sp³-hybridized carbons (Fsp3) is 0.389. The highest BCUT2D eigenvalue weighted by atomic mass is 16.1. The second-order valence-corrected chi connectivity index (χ2v) is 6.22. The second-order valence-electron chi connectivity index (χ2n) is 6.22. The Bertz CT molecular complexity index is 804. The van der Waals surface area contributed by atoms with Crippen molar-refractivity contribution in [1.29, 1.82) is 0 Å². The molecular weight excluding hydrogens is 302 g/mol. The summed E-state index contributed by atoms with van der Waals surface area (Å²) < 4.78 is 2.18. The van der Waals surface area contributed by atoms with E-state index in [4.69, 9.17) is 0 Å². The van der Waals surface area contributed by atoms with E-state index < -0.39 is 0 Å². The number of benzene rings is 1. The van der Waals surface area contributed by atoms with Gasteiger partial charge in [-0.2, -0.15) is 5.10 Å². The lowest BCUT2D eigenvalue weighted by Gasteiger charge is -2.13. The quantitative estimate of drug-likeness (QED) is 0.701. The monoisotopic (exact) mass is 325 g/mol. The number of H-pyrrole nitrogens is 1. The molecule has 0 bridgehead atoms. The minimum atomic E-state index is 0.0563. The van der Waals surface area contributed by atoms with Crippen molar-refractivity contribution < 1.29 is 4.79 Å². The molecule has 6 nitrogen and oxygen atoms in total. The van der Waals surface area contributed by atoms with Gasteiger partial charge >= 0.3 is 0 Å². The Morgan fingerprint density at radius 3 is 2.92 bits per heavy atom. The first kappa shape index (κ1) is 16.2. The number of rotatable bonds is 7. The van der Waals surface area contributed by atoms with E-state index in [-0.39, 0.29) is 5.91 Å². The molecule has 0 saturated carbocycles. The standard InChI is InChI=1S/C18H23N5O/c1-13(2)23-16-8-4-3-7-15(16)22-17(23)12-19-18(24)9-5-6-14-10-20-21-11-14/h3-4,7-8,10-11,13H,5-6,9,12H2,1-2H3,(H,19,24)(H,20,21). The Hall–Kier alpha value is -2.63. The number of para-hydroxylation sites is 2. The van der Waals surface area contributed by atoms with Crippen LogP contribution in [0.5, 0.6) is 0 Å². The maximum atomic E-state index is 12.1. The first-order chi connectivity index (χ1) is 11.6. The topological polar surface area (TPSA) is 75.6 Å². The third-order valence-corrected chi connectivity index (χ3v) is 4.05. The van der Waals surface area contributed by atoms with Crippen LogP contribution in [-0.2, 0) is 17.8 Å². The van der Waals surface area contributed by atoms with E-state index in [1.54, 1.807) is 6.20 Å². The van der Waals surface area contributed by atoms with Crippen LogP contribution in [-0.4, -0.2) is 25.7 Å². The lowest BCUT2D eigenvalue weighted by atomic mass is 10.1. The largest absolute Gasteiger partial charge is 0.349 e. The van der Waals surface area contributed by atoms with Crippen LogP contribution in [0.25, 0.3) is 11.0 Å². The van der Waals surface area contributed by atoms with E-state index in [2.05, 4.69) is 45.0 Å². The Morgan fingerprint density at radius 1 is 1.33 bits per heavy atom. The fourth-order valence-electron chi connectivity index (χ4n) is 2.93. The third-order valence-electron chi connectivity index (χ3n) is 4.05. The first-order valence-electron chi connectivity index (χ1n) is 8.35. The first-order valence-corrected chi connectivity index (χ1v) is 8.35. The van der Waals surface area contributed by atoms with E-state index in [9.17, 15) is 4.79 Å². The smallest absolute Gasteiger partial charge is 0.220 e. The van der Waals surface area contributed by atoms with Crippen molar-refractivity contribution in [1.82, 2.24) is 25.1 Å². The highest BCUT2D eigenvalue weighted by Crippen LogP contribution is 2.20. The number of aromatic amines is 1. The average molecular weight is 325 g/mol. The molecule has 0 aliphatic rings. The van der Waals surface area contributed by atoms with Gasteiger partial charge in [-0.15, -0.1) is 0 Å². The molecule has 0 radical (unpaired) electrons. The number of amides is 1. The number of nitrogens with one attached hydrogen (secondary N) is 2. The molecular formula is C18H23N5O. The van der Waals surface area contributed by atoms with Gasteiger partial charge in [0.25, 0.3) is 0 Å². The molecule has 6 heteroatoms. The van der Waals surface area contributed by atoms with Gasteiger partial charge in [-0.05, 0) is 44.4 Å². The number of carbonyl (C=O) groups excluding carboxylic acids is 1. The van der Waals surface area contributed by atoms with Crippen molar-refractivity contribution in [3.05, 3.63) is 48.0 Å². The molecule has 0 atom stereocenters. The Balaban J connectivity index is 1.58. The lowest BCUT2D eigenvalue weighted by molar-refractivity contribution is -0.121. The number of hydrogen-bond acceptors (Lipinski definition) is 3. The van der Waals surface area contributed by atoms with Crippen molar-refractivity contribution in [2.24, 2.45) is 0 Å². The van der Waals surface area contributed by atoms with E-state index in [0.29, 0.717) is 19.0 Å². The molecule has 0 spiro atoms. The molecule has 2 heterocycles. The summed E-state index contributed by atoms with van der Waals surface area (Å²) in [7, 11) is 0. The highest BCUT2D eigenvalue weighted by Gasteiger charge is 2.13. The number of aromatic nitrogens is 4. The maximum Gasteiger partial charge on any atom is 0.220 e. The third kappa shape index (κ3) is 3.64. The minimum Gasteiger partial charge on any atom is -0.349 e. The normalized spacial score (nSPS) is 11.3. The maximum absolute atomic E-state index is 12.1. The van der Waals surface area contributed by atoms with Crippen LogP contribution in [0.2, 0.25) is 0 Å². The average Bonchev–Trinajstić information content (AvgIpc) is 3.19. The van der Waals surface area contributed by atoms with Gasteiger partial charge in [-0.25, -0.2) is 4.98 Å². The molecule has 0 aliphatic carbocycles. The fourth-order valence-corrected chi connectivity index (χ4v) is 2.93. The number of fused-ring (bicyclic) bond motifs is 1. The van der Waals surface area contributed by atoms with Crippen molar-refractivity contribution >= 4 is 16.9 Å². The van der Waals surface area contributed by atoms with Crippen LogP contribution in [0.1, 0.15) is 44.1 Å². The molecule has 126 valence electrons. The van der Waals surface area contributed by atoms with Crippen molar-refractivity contribution in [3.8, 4) is 0 Å². The summed E-state index contributed by atoms with van der Waals surface area (Å²) in [4.78, 5) is 16.7. The van der Waals surface area contributed by atoms with Crippen LogP contribution in [0.15, 0.2) is 36.7 Å². The SMILES string of the molecule is CC(C)n1c(CNC(=O)CCCc2cn[nH]c2)nc2ccccc21. The van der Waals surface area contributed by atoms with Gasteiger partial charge < -0.3 is 9.88 Å². The summed E-state index contributed by atoms with van der Waals surface area (Å²) in [6.07, 6.45) is 5.83. The molecule has 1 aromatic carbocycles. The number of nitrogens with zero attached hydrogens (tertiary/aromatic N) is 3. The Kier molecular flexibility index (Phi) is 4.93. The summed E-state index contributed by atoms with van der Waals surface area (Å²) in [5.74, 6) is 0.954. The van der Waals surface area contributed by atoms with E-state index in [1.165, 1.54) is 0 Å². The molecule has 0 aliphatic heterocycles. The molecule has 0 saturated heterocycles. The minimum absolute atomic E-state index is 0.0563. The lowest BCUT2D eigenvalue weighted by Crippen LogP contribution is -2.25. The van der Waals surface area contributed by atoms with Crippen molar-refractivity contribution in [2.45, 2.75) is 45.7 Å². The van der Waals surface area contributed by atoms with Crippen molar-refractivity contribution in [3.63, 3.8) is 0 Å². The summed E-state index contributed by atoms with van der Waals surface area (Å²) in [5, 5.41) is 9.68. The van der Waals surface area contributed by atoms with Gasteiger partial charge in [-0.1, -0.05) is 12.1 Å². The van der Waals surface area contributed by atoms with Gasteiger partial charge in [0, 0.05) is 18.7 Å². The van der Waals surface area contributed by atoms with Crippen LogP contribution in [0, 0.1) is 0 Å². The van der Waals surface area contributed by atoms with Gasteiger partial charge in [0.1, 0.15) is 5.82 Å². The van der Waals surface area contributed by atoms with Crippen LogP contribution < -0.4 is 5.32 Å². The van der Waals surface area contributed by atoms with E-state index in [1.807, 2.05) is 24.4 Å². The predicted octanol–water partition coefficient (Wildman–Crippen LogP) is 2.98. The molecule has 3 aromatic rings. The van der Waals surface area contributed by atoms with Crippen LogP contribution in [0.3, 0.4) is 0 Å². The predicted molar refractivity (Wildman–Crippen MR) is 93.5 cm³/mol. The molecule has 1 amide bonds. The van der Waals surface area contributed by atoms with Crippen LogP contribution in [0.4, 0.5) is 0 Å². The molecule has 3 rings (SSSR count). The van der Waals surface area contributed by atoms with Gasteiger partial charge in [0.15, 0.2) is 0 Å². The summed E-state index contributed by atoms with van der Waals surface area (Å²) in [6.45, 7) is 4.71. The zero-order chi connectivity index (χ0) is 16.9. The molecule has 0 unspecified atom stereocenters. The highest BCUT2D eigenvalue weighted by molar-refractivity contribution is 5.77. The molecule has 2 aromatic heterocycles. The second kappa shape index (κ2) is 7.29. The summed E-state index contributed by atoms with van der Waals surface area (Å²) in [5.41, 5.74) is 3.21. The molecule has 0 fully saturated rings. The van der Waals surface area contributed by atoms with E-state index >= 15 is 0 Å². The number of carbonyl (C=O) groups is 1. The van der Waals surface area contributed by atoms with Crippen molar-refractivity contribution in [2.75, 3.05) is 0 Å². The molecule has 24 heavy (non-hydrogen) atoms. The van der Waals surface area contributed by atoms with Gasteiger partial charge in [0.2, 0.25) is 5.91 Å². The summed E-state index contributed by atoms with van der Waals surface area (Å²) in [6, 6.07) is 8.37. The Morgan fingerprint density at radius 2 is 2.17 bits per heavy atom. The zero-order valence-corrected chi connectivity index (χ0v) is 14.1. The number of imidazole rings is 1.